The zero-order chi connectivity index (χ0) is 17.1. The van der Waals surface area contributed by atoms with Crippen molar-refractivity contribution in [2.75, 3.05) is 0 Å². The summed E-state index contributed by atoms with van der Waals surface area (Å²) in [6.07, 6.45) is 6.13. The first-order chi connectivity index (χ1) is 11.6. The number of nitrogens with one attached hydrogen (secondary N) is 1. The zero-order valence-electron chi connectivity index (χ0n) is 13.8. The van der Waals surface area contributed by atoms with E-state index in [1.54, 1.807) is 5.38 Å². The summed E-state index contributed by atoms with van der Waals surface area (Å²) in [6.45, 7) is 2.15. The van der Waals surface area contributed by atoms with Crippen molar-refractivity contribution in [1.82, 2.24) is 18.8 Å². The van der Waals surface area contributed by atoms with Gasteiger partial charge in [0.2, 0.25) is 5.91 Å². The van der Waals surface area contributed by atoms with Crippen molar-refractivity contribution in [2.24, 2.45) is 0 Å². The van der Waals surface area contributed by atoms with Crippen molar-refractivity contribution < 1.29 is 4.79 Å². The Labute approximate surface area is 143 Å². The van der Waals surface area contributed by atoms with Gasteiger partial charge in [-0.15, -0.1) is 0 Å². The van der Waals surface area contributed by atoms with E-state index < -0.39 is 5.69 Å². The van der Waals surface area contributed by atoms with E-state index in [-0.39, 0.29) is 29.6 Å². The van der Waals surface area contributed by atoms with Crippen LogP contribution < -0.4 is 16.6 Å². The Morgan fingerprint density at radius 1 is 1.29 bits per heavy atom. The third-order valence-electron chi connectivity index (χ3n) is 4.47. The normalized spacial score (nSPS) is 15.7. The van der Waals surface area contributed by atoms with Gasteiger partial charge in [0.05, 0.1) is 5.52 Å². The van der Waals surface area contributed by atoms with Crippen molar-refractivity contribution >= 4 is 28.5 Å². The summed E-state index contributed by atoms with van der Waals surface area (Å²) in [6, 6.07) is 0.194. The second-order valence-corrected chi connectivity index (χ2v) is 6.91. The molecule has 7 nitrogen and oxygen atoms in total. The predicted octanol–water partition coefficient (Wildman–Crippen LogP) is 1.48. The van der Waals surface area contributed by atoms with Gasteiger partial charge < -0.3 is 5.32 Å². The minimum atomic E-state index is -0.437. The summed E-state index contributed by atoms with van der Waals surface area (Å²) < 4.78 is 6.65. The number of carbonyl (C=O) groups excluding carboxylic acids is 1. The lowest BCUT2D eigenvalue weighted by Gasteiger charge is -2.23. The number of hydrogen-bond donors (Lipinski definition) is 1. The lowest BCUT2D eigenvalue weighted by molar-refractivity contribution is -0.122. The van der Waals surface area contributed by atoms with Crippen molar-refractivity contribution in [3.8, 4) is 0 Å². The van der Waals surface area contributed by atoms with Crippen molar-refractivity contribution in [3.05, 3.63) is 26.2 Å². The van der Waals surface area contributed by atoms with Gasteiger partial charge in [-0.25, -0.2) is 4.79 Å². The third-order valence-corrected chi connectivity index (χ3v) is 5.09. The largest absolute Gasteiger partial charge is 0.352 e. The highest BCUT2D eigenvalue weighted by Gasteiger charge is 2.19. The van der Waals surface area contributed by atoms with Crippen LogP contribution in [0.25, 0.3) is 11.0 Å². The van der Waals surface area contributed by atoms with Crippen LogP contribution in [0.2, 0.25) is 0 Å². The molecule has 0 radical (unpaired) electrons. The van der Waals surface area contributed by atoms with Gasteiger partial charge in [0.25, 0.3) is 5.56 Å². The maximum absolute atomic E-state index is 12.6. The molecule has 24 heavy (non-hydrogen) atoms. The van der Waals surface area contributed by atoms with Gasteiger partial charge in [-0.05, 0) is 30.8 Å². The molecule has 1 fully saturated rings. The van der Waals surface area contributed by atoms with Gasteiger partial charge in [-0.2, -0.15) is 4.37 Å². The number of carbonyl (C=O) groups is 1. The molecule has 0 atom stereocenters. The molecule has 0 aromatic carbocycles. The minimum absolute atomic E-state index is 0.0752. The van der Waals surface area contributed by atoms with Gasteiger partial charge in [0.1, 0.15) is 6.54 Å². The van der Waals surface area contributed by atoms with E-state index in [0.717, 1.165) is 37.2 Å². The molecule has 0 unspecified atom stereocenters. The summed E-state index contributed by atoms with van der Waals surface area (Å²) in [7, 11) is 0. The number of rotatable bonds is 5. The second-order valence-electron chi connectivity index (χ2n) is 6.28. The predicted molar refractivity (Wildman–Crippen MR) is 93.4 cm³/mol. The summed E-state index contributed by atoms with van der Waals surface area (Å²) in [5.41, 5.74) is -0.102. The molecule has 3 rings (SSSR count). The number of amides is 1. The van der Waals surface area contributed by atoms with E-state index in [2.05, 4.69) is 9.69 Å². The minimum Gasteiger partial charge on any atom is -0.352 e. The van der Waals surface area contributed by atoms with E-state index >= 15 is 0 Å². The molecule has 0 saturated heterocycles. The van der Waals surface area contributed by atoms with Crippen LogP contribution >= 0.6 is 11.5 Å². The van der Waals surface area contributed by atoms with Crippen LogP contribution in [0.4, 0.5) is 0 Å². The fraction of sp³-hybridized carbons (Fsp3) is 0.625. The van der Waals surface area contributed by atoms with Crippen LogP contribution in [0.3, 0.4) is 0 Å². The smallest absolute Gasteiger partial charge is 0.332 e. The van der Waals surface area contributed by atoms with Gasteiger partial charge in [0.15, 0.2) is 5.52 Å². The number of nitrogens with zero attached hydrogens (tertiary/aromatic N) is 3. The molecule has 1 N–H and O–H groups in total. The van der Waals surface area contributed by atoms with Crippen LogP contribution in [0.1, 0.15) is 45.4 Å². The van der Waals surface area contributed by atoms with Crippen LogP contribution in [0, 0.1) is 0 Å². The van der Waals surface area contributed by atoms with Crippen molar-refractivity contribution in [3.63, 3.8) is 0 Å². The molecule has 1 saturated carbocycles. The molecular formula is C16H22N4O3S. The average Bonchev–Trinajstić information content (AvgIpc) is 3.06. The highest BCUT2D eigenvalue weighted by atomic mass is 32.1. The molecule has 130 valence electrons. The summed E-state index contributed by atoms with van der Waals surface area (Å²) in [5.74, 6) is -0.182. The van der Waals surface area contributed by atoms with E-state index in [1.807, 2.05) is 6.92 Å². The Morgan fingerprint density at radius 2 is 2.04 bits per heavy atom. The van der Waals surface area contributed by atoms with E-state index in [4.69, 9.17) is 0 Å². The molecule has 2 aromatic heterocycles. The van der Waals surface area contributed by atoms with Crippen LogP contribution in [-0.2, 0) is 17.9 Å². The van der Waals surface area contributed by atoms with Crippen LogP contribution in [0.15, 0.2) is 15.0 Å². The fourth-order valence-corrected chi connectivity index (χ4v) is 3.94. The maximum atomic E-state index is 12.6. The highest BCUT2D eigenvalue weighted by Crippen LogP contribution is 2.17. The molecule has 0 spiro atoms. The Kier molecular flexibility index (Phi) is 5.13. The standard InChI is InChI=1S/C16H22N4O3S/c1-2-8-19-15(22)14-12(10-24-18-14)20(16(19)23)9-13(21)17-11-6-4-3-5-7-11/h10-11H,2-9H2,1H3,(H,17,21). The Bertz CT molecular complexity index is 845. The number of aromatic nitrogens is 3. The van der Waals surface area contributed by atoms with Crippen LogP contribution in [0.5, 0.6) is 0 Å². The molecule has 1 aliphatic carbocycles. The van der Waals surface area contributed by atoms with Gasteiger partial charge >= 0.3 is 5.69 Å². The summed E-state index contributed by atoms with van der Waals surface area (Å²) in [4.78, 5) is 37.4. The van der Waals surface area contributed by atoms with E-state index in [9.17, 15) is 14.4 Å². The quantitative estimate of drug-likeness (QED) is 0.885. The topological polar surface area (TPSA) is 86.0 Å². The number of fused-ring (bicyclic) bond motifs is 1. The molecule has 0 bridgehead atoms. The summed E-state index contributed by atoms with van der Waals surface area (Å²) in [5, 5.41) is 4.67. The molecule has 8 heteroatoms. The first-order valence-electron chi connectivity index (χ1n) is 8.49. The van der Waals surface area contributed by atoms with Gasteiger partial charge in [-0.1, -0.05) is 26.2 Å². The molecular weight excluding hydrogens is 328 g/mol. The first kappa shape index (κ1) is 16.9. The Hall–Kier alpha value is -1.96. The van der Waals surface area contributed by atoms with Crippen molar-refractivity contribution in [2.45, 2.75) is 64.6 Å². The summed E-state index contributed by atoms with van der Waals surface area (Å²) >= 11 is 1.12. The number of hydrogen-bond acceptors (Lipinski definition) is 5. The highest BCUT2D eigenvalue weighted by molar-refractivity contribution is 7.04. The lowest BCUT2D eigenvalue weighted by atomic mass is 9.95. The van der Waals surface area contributed by atoms with Crippen LogP contribution in [-0.4, -0.2) is 25.5 Å². The van der Waals surface area contributed by atoms with Gasteiger partial charge in [0, 0.05) is 18.0 Å². The third kappa shape index (κ3) is 3.28. The molecule has 1 aliphatic rings. The molecule has 2 aromatic rings. The van der Waals surface area contributed by atoms with Gasteiger partial charge in [-0.3, -0.25) is 18.7 Å². The SMILES string of the molecule is CCCn1c(=O)c2nscc2n(CC(=O)NC2CCCCC2)c1=O. The molecule has 2 heterocycles. The van der Waals surface area contributed by atoms with E-state index in [1.165, 1.54) is 15.6 Å². The first-order valence-corrected chi connectivity index (χ1v) is 9.32. The monoisotopic (exact) mass is 350 g/mol. The second kappa shape index (κ2) is 7.29. The van der Waals surface area contributed by atoms with Crippen molar-refractivity contribution in [1.29, 1.82) is 0 Å². The van der Waals surface area contributed by atoms with E-state index in [0.29, 0.717) is 18.5 Å². The zero-order valence-corrected chi connectivity index (χ0v) is 14.6. The maximum Gasteiger partial charge on any atom is 0.332 e. The lowest BCUT2D eigenvalue weighted by Crippen LogP contribution is -2.44. The fourth-order valence-electron chi connectivity index (χ4n) is 3.27. The molecule has 1 amide bonds. The molecule has 0 aliphatic heterocycles. The Balaban J connectivity index is 1.90. The average molecular weight is 350 g/mol. The Morgan fingerprint density at radius 3 is 2.75 bits per heavy atom.